The molecular formula is C22H20N4O3S2. The molecule has 7 nitrogen and oxygen atoms in total. The number of fused-ring (bicyclic) bond motifs is 1. The lowest BCUT2D eigenvalue weighted by Gasteiger charge is -2.25. The summed E-state index contributed by atoms with van der Waals surface area (Å²) in [5.74, 6) is -0.554. The van der Waals surface area contributed by atoms with E-state index in [0.29, 0.717) is 23.3 Å². The summed E-state index contributed by atoms with van der Waals surface area (Å²) in [5.41, 5.74) is 2.37. The molecule has 0 saturated heterocycles. The molecule has 1 unspecified atom stereocenters. The van der Waals surface area contributed by atoms with Crippen molar-refractivity contribution in [1.29, 1.82) is 0 Å². The number of thiazole rings is 1. The van der Waals surface area contributed by atoms with E-state index >= 15 is 0 Å². The monoisotopic (exact) mass is 452 g/mol. The minimum Gasteiger partial charge on any atom is -0.349 e. The number of pyridine rings is 1. The van der Waals surface area contributed by atoms with Gasteiger partial charge in [0, 0.05) is 23.3 Å². The van der Waals surface area contributed by atoms with Crippen molar-refractivity contribution in [2.75, 3.05) is 12.0 Å². The lowest BCUT2D eigenvalue weighted by atomic mass is 10.1. The number of hydrogen-bond acceptors (Lipinski definition) is 7. The maximum absolute atomic E-state index is 13.0. The third-order valence-corrected chi connectivity index (χ3v) is 6.54. The van der Waals surface area contributed by atoms with Crippen LogP contribution in [0.1, 0.15) is 32.8 Å². The fourth-order valence-electron chi connectivity index (χ4n) is 3.41. The molecule has 158 valence electrons. The van der Waals surface area contributed by atoms with Gasteiger partial charge < -0.3 is 5.32 Å². The Hall–Kier alpha value is -3.04. The van der Waals surface area contributed by atoms with Gasteiger partial charge in [0.05, 0.1) is 23.4 Å². The number of thioether (sulfide) groups is 1. The molecule has 1 atom stereocenters. The Morgan fingerprint density at radius 3 is 2.45 bits per heavy atom. The number of amides is 3. The lowest BCUT2D eigenvalue weighted by molar-refractivity contribution is -0.125. The van der Waals surface area contributed by atoms with Crippen LogP contribution in [0.5, 0.6) is 0 Å². The van der Waals surface area contributed by atoms with Gasteiger partial charge in [-0.3, -0.25) is 24.3 Å². The van der Waals surface area contributed by atoms with Crippen LogP contribution in [0.25, 0.3) is 10.6 Å². The molecule has 9 heteroatoms. The number of rotatable bonds is 8. The fraction of sp³-hybridized carbons (Fsp3) is 0.227. The third-order valence-electron chi connectivity index (χ3n) is 4.96. The molecule has 1 aliphatic heterocycles. The Morgan fingerprint density at radius 1 is 1.13 bits per heavy atom. The number of nitrogens with zero attached hydrogens (tertiary/aromatic N) is 3. The molecule has 0 saturated carbocycles. The summed E-state index contributed by atoms with van der Waals surface area (Å²) in [5, 5.41) is 5.58. The van der Waals surface area contributed by atoms with Crippen molar-refractivity contribution in [2.45, 2.75) is 19.0 Å². The van der Waals surface area contributed by atoms with Crippen molar-refractivity contribution in [1.82, 2.24) is 20.2 Å². The zero-order valence-electron chi connectivity index (χ0n) is 16.8. The first-order valence-corrected chi connectivity index (χ1v) is 12.0. The molecule has 0 bridgehead atoms. The molecule has 3 amide bonds. The van der Waals surface area contributed by atoms with Gasteiger partial charge in [-0.25, -0.2) is 4.98 Å². The number of hydrogen-bond donors (Lipinski definition) is 1. The second kappa shape index (κ2) is 9.40. The summed E-state index contributed by atoms with van der Waals surface area (Å²) in [4.78, 5) is 48.4. The zero-order valence-corrected chi connectivity index (χ0v) is 18.4. The first-order chi connectivity index (χ1) is 15.1. The average molecular weight is 453 g/mol. The Bertz CT molecular complexity index is 1080. The highest BCUT2D eigenvalue weighted by Gasteiger charge is 2.42. The molecule has 1 aliphatic rings. The van der Waals surface area contributed by atoms with Gasteiger partial charge in [0.2, 0.25) is 5.91 Å². The van der Waals surface area contributed by atoms with Crippen molar-refractivity contribution < 1.29 is 14.4 Å². The zero-order chi connectivity index (χ0) is 21.8. The number of carbonyl (C=O) groups is 3. The highest BCUT2D eigenvalue weighted by atomic mass is 32.2. The van der Waals surface area contributed by atoms with E-state index < -0.39 is 17.9 Å². The smallest absolute Gasteiger partial charge is 0.262 e. The van der Waals surface area contributed by atoms with Gasteiger partial charge in [-0.1, -0.05) is 12.1 Å². The minimum absolute atomic E-state index is 0.222. The van der Waals surface area contributed by atoms with E-state index in [9.17, 15) is 14.4 Å². The van der Waals surface area contributed by atoms with Crippen molar-refractivity contribution in [3.63, 3.8) is 0 Å². The second-order valence-electron chi connectivity index (χ2n) is 6.92. The first kappa shape index (κ1) is 21.2. The van der Waals surface area contributed by atoms with Gasteiger partial charge in [-0.05, 0) is 42.7 Å². The summed E-state index contributed by atoms with van der Waals surface area (Å²) < 4.78 is 0. The van der Waals surface area contributed by atoms with E-state index in [1.54, 1.807) is 48.4 Å². The average Bonchev–Trinajstić information content (AvgIpc) is 3.38. The highest BCUT2D eigenvalue weighted by Crippen LogP contribution is 2.26. The van der Waals surface area contributed by atoms with Crippen molar-refractivity contribution in [3.05, 3.63) is 71.0 Å². The van der Waals surface area contributed by atoms with E-state index in [1.165, 1.54) is 11.3 Å². The molecule has 0 radical (unpaired) electrons. The van der Waals surface area contributed by atoms with Crippen molar-refractivity contribution in [2.24, 2.45) is 0 Å². The fourth-order valence-corrected chi connectivity index (χ4v) is 4.69. The number of carbonyl (C=O) groups excluding carboxylic acids is 3. The predicted molar refractivity (Wildman–Crippen MR) is 121 cm³/mol. The van der Waals surface area contributed by atoms with Crippen molar-refractivity contribution in [3.8, 4) is 10.6 Å². The molecule has 2 aromatic heterocycles. The van der Waals surface area contributed by atoms with E-state index in [-0.39, 0.29) is 12.5 Å². The van der Waals surface area contributed by atoms with Crippen LogP contribution in [-0.2, 0) is 11.3 Å². The van der Waals surface area contributed by atoms with Gasteiger partial charge in [0.25, 0.3) is 11.8 Å². The summed E-state index contributed by atoms with van der Waals surface area (Å²) in [6.07, 6.45) is 5.72. The summed E-state index contributed by atoms with van der Waals surface area (Å²) in [6.45, 7) is 0.222. The maximum Gasteiger partial charge on any atom is 0.262 e. The minimum atomic E-state index is -0.863. The molecule has 0 fully saturated rings. The van der Waals surface area contributed by atoms with Crippen LogP contribution in [0.15, 0.2) is 54.2 Å². The molecule has 4 rings (SSSR count). The highest BCUT2D eigenvalue weighted by molar-refractivity contribution is 7.98. The van der Waals surface area contributed by atoms with Gasteiger partial charge in [-0.15, -0.1) is 11.3 Å². The van der Waals surface area contributed by atoms with Crippen LogP contribution in [0.4, 0.5) is 0 Å². The van der Waals surface area contributed by atoms with Crippen LogP contribution in [0.2, 0.25) is 0 Å². The molecule has 3 heterocycles. The molecule has 31 heavy (non-hydrogen) atoms. The SMILES string of the molecule is CSCCC(C(=O)NCc1csc(-c2ccncc2)n1)N1C(=O)c2ccccc2C1=O. The molecule has 1 N–H and O–H groups in total. The first-order valence-electron chi connectivity index (χ1n) is 9.68. The van der Waals surface area contributed by atoms with Crippen molar-refractivity contribution >= 4 is 40.8 Å². The van der Waals surface area contributed by atoms with Crippen LogP contribution in [-0.4, -0.2) is 50.6 Å². The van der Waals surface area contributed by atoms with Gasteiger partial charge in [0.1, 0.15) is 11.0 Å². The standard InChI is InChI=1S/C22H20N4O3S2/c1-30-11-8-18(26-21(28)16-4-2-3-5-17(16)22(26)29)19(27)24-12-15-13-31-20(25-15)14-6-9-23-10-7-14/h2-7,9-10,13,18H,8,11-12H2,1H3,(H,24,27). The lowest BCUT2D eigenvalue weighted by Crippen LogP contribution is -2.49. The normalized spacial score (nSPS) is 13.9. The molecular weight excluding hydrogens is 432 g/mol. The van der Waals surface area contributed by atoms with Crippen LogP contribution < -0.4 is 5.32 Å². The molecule has 0 spiro atoms. The van der Waals surface area contributed by atoms with E-state index in [0.717, 1.165) is 21.2 Å². The van der Waals surface area contributed by atoms with Crippen LogP contribution >= 0.6 is 23.1 Å². The number of aromatic nitrogens is 2. The predicted octanol–water partition coefficient (Wildman–Crippen LogP) is 3.24. The van der Waals surface area contributed by atoms with E-state index in [1.807, 2.05) is 23.8 Å². The number of imide groups is 1. The Balaban J connectivity index is 1.48. The second-order valence-corrected chi connectivity index (χ2v) is 8.76. The largest absolute Gasteiger partial charge is 0.349 e. The Morgan fingerprint density at radius 2 is 1.81 bits per heavy atom. The summed E-state index contributed by atoms with van der Waals surface area (Å²) in [7, 11) is 0. The Labute approximate surface area is 187 Å². The van der Waals surface area contributed by atoms with Gasteiger partial charge >= 0.3 is 0 Å². The maximum atomic E-state index is 13.0. The Kier molecular flexibility index (Phi) is 6.43. The quantitative estimate of drug-likeness (QED) is 0.528. The third kappa shape index (κ3) is 4.38. The van der Waals surface area contributed by atoms with E-state index in [2.05, 4.69) is 15.3 Å². The molecule has 1 aromatic carbocycles. The topological polar surface area (TPSA) is 92.3 Å². The van der Waals surface area contributed by atoms with Crippen LogP contribution in [0, 0.1) is 0 Å². The number of nitrogens with one attached hydrogen (secondary N) is 1. The number of benzene rings is 1. The summed E-state index contributed by atoms with van der Waals surface area (Å²) in [6, 6.07) is 9.56. The van der Waals surface area contributed by atoms with Crippen LogP contribution in [0.3, 0.4) is 0 Å². The van der Waals surface area contributed by atoms with Gasteiger partial charge in [-0.2, -0.15) is 11.8 Å². The molecule has 0 aliphatic carbocycles. The van der Waals surface area contributed by atoms with Gasteiger partial charge in [0.15, 0.2) is 0 Å². The summed E-state index contributed by atoms with van der Waals surface area (Å²) >= 11 is 3.04. The van der Waals surface area contributed by atoms with E-state index in [4.69, 9.17) is 0 Å². The molecule has 3 aromatic rings.